The molecule has 0 atom stereocenters. The third-order valence-electron chi connectivity index (χ3n) is 4.09. The third kappa shape index (κ3) is 2.84. The second kappa shape index (κ2) is 6.35. The maximum atomic E-state index is 12.2. The van der Waals surface area contributed by atoms with Gasteiger partial charge in [0.2, 0.25) is 0 Å². The van der Waals surface area contributed by atoms with Crippen LogP contribution in [0.25, 0.3) is 21.9 Å². The van der Waals surface area contributed by atoms with Crippen LogP contribution in [0.4, 0.5) is 21.7 Å². The van der Waals surface area contributed by atoms with E-state index in [0.717, 1.165) is 27.6 Å². The van der Waals surface area contributed by atoms with Gasteiger partial charge in [-0.05, 0) is 30.3 Å². The summed E-state index contributed by atoms with van der Waals surface area (Å²) in [6.45, 7) is -0.132. The van der Waals surface area contributed by atoms with Crippen molar-refractivity contribution in [2.24, 2.45) is 7.05 Å². The molecule has 4 rings (SSSR count). The fourth-order valence-corrected chi connectivity index (χ4v) is 2.88. The smallest absolute Gasteiger partial charge is 0.143 e. The first kappa shape index (κ1) is 15.3. The summed E-state index contributed by atoms with van der Waals surface area (Å²) >= 11 is 0. The molecule has 0 radical (unpaired) electrons. The topological polar surface area (TPSA) is 67.7 Å². The van der Waals surface area contributed by atoms with E-state index in [1.54, 1.807) is 12.4 Å². The molecule has 0 saturated heterocycles. The van der Waals surface area contributed by atoms with E-state index in [0.29, 0.717) is 11.6 Å². The van der Waals surface area contributed by atoms with Gasteiger partial charge in [-0.2, -0.15) is 0 Å². The third-order valence-corrected chi connectivity index (χ3v) is 4.09. The van der Waals surface area contributed by atoms with Crippen LogP contribution in [0.3, 0.4) is 0 Å². The number of rotatable bonds is 5. The van der Waals surface area contributed by atoms with Crippen molar-refractivity contribution in [3.63, 3.8) is 0 Å². The van der Waals surface area contributed by atoms with E-state index in [1.807, 2.05) is 43.6 Å². The number of pyridine rings is 3. The zero-order chi connectivity index (χ0) is 17.2. The van der Waals surface area contributed by atoms with Crippen molar-refractivity contribution < 1.29 is 4.39 Å². The molecule has 0 amide bonds. The van der Waals surface area contributed by atoms with Crippen LogP contribution in [0.1, 0.15) is 0 Å². The number of aryl methyl sites for hydroxylation is 1. The lowest BCUT2D eigenvalue weighted by Crippen LogP contribution is -2.03. The number of fused-ring (bicyclic) bond motifs is 3. The van der Waals surface area contributed by atoms with Gasteiger partial charge in [0.15, 0.2) is 0 Å². The summed E-state index contributed by atoms with van der Waals surface area (Å²) in [4.78, 5) is 13.2. The summed E-state index contributed by atoms with van der Waals surface area (Å²) in [5.74, 6) is 1.39. The lowest BCUT2D eigenvalue weighted by molar-refractivity contribution is 0.513. The molecule has 4 aromatic heterocycles. The van der Waals surface area contributed by atoms with Gasteiger partial charge >= 0.3 is 0 Å². The van der Waals surface area contributed by atoms with Crippen LogP contribution in [-0.2, 0) is 7.05 Å². The monoisotopic (exact) mass is 336 g/mol. The molecule has 0 unspecified atom stereocenters. The molecule has 0 aliphatic heterocycles. The maximum absolute atomic E-state index is 12.2. The highest BCUT2D eigenvalue weighted by Gasteiger charge is 2.10. The van der Waals surface area contributed by atoms with E-state index in [-0.39, 0.29) is 6.54 Å². The average Bonchev–Trinajstić information content (AvgIpc) is 2.94. The Morgan fingerprint density at radius 1 is 1.04 bits per heavy atom. The largest absolute Gasteiger partial charge is 0.381 e. The van der Waals surface area contributed by atoms with E-state index in [1.165, 1.54) is 0 Å². The minimum absolute atomic E-state index is 0.280. The number of hydrogen-bond acceptors (Lipinski definition) is 5. The first-order valence-electron chi connectivity index (χ1n) is 7.98. The first-order chi connectivity index (χ1) is 12.3. The lowest BCUT2D eigenvalue weighted by Gasteiger charge is -2.07. The Morgan fingerprint density at radius 2 is 1.92 bits per heavy atom. The highest BCUT2D eigenvalue weighted by Crippen LogP contribution is 2.27. The first-order valence-corrected chi connectivity index (χ1v) is 7.98. The van der Waals surface area contributed by atoms with Crippen LogP contribution in [0, 0.1) is 0 Å². The Bertz CT molecular complexity index is 1030. The van der Waals surface area contributed by atoms with E-state index in [2.05, 4.69) is 25.2 Å². The fourth-order valence-electron chi connectivity index (χ4n) is 2.88. The molecular weight excluding hydrogens is 319 g/mol. The number of aromatic nitrogens is 4. The molecule has 7 heteroatoms. The van der Waals surface area contributed by atoms with E-state index < -0.39 is 6.67 Å². The van der Waals surface area contributed by atoms with Crippen LogP contribution in [0.15, 0.2) is 48.9 Å². The SMILES string of the molecule is Cn1c2ccncc2c2ccc(Nc3ccc(NCCF)cn3)nc21. The highest BCUT2D eigenvalue weighted by atomic mass is 19.1. The Kier molecular flexibility index (Phi) is 3.89. The quantitative estimate of drug-likeness (QED) is 0.582. The number of anilines is 3. The van der Waals surface area contributed by atoms with Gasteiger partial charge in [-0.3, -0.25) is 4.98 Å². The van der Waals surface area contributed by atoms with Crippen LogP contribution >= 0.6 is 0 Å². The summed E-state index contributed by atoms with van der Waals surface area (Å²) < 4.78 is 14.2. The van der Waals surface area contributed by atoms with Crippen molar-refractivity contribution in [2.75, 3.05) is 23.9 Å². The standard InChI is InChI=1S/C18H17FN6/c1-25-15-6-8-20-11-14(15)13-3-5-17(24-18(13)25)23-16-4-2-12(10-22-16)21-9-7-19/h2-6,8,10-11,21H,7,9H2,1H3,(H,22,23,24). The summed E-state index contributed by atoms with van der Waals surface area (Å²) in [5.41, 5.74) is 2.76. The minimum Gasteiger partial charge on any atom is -0.381 e. The molecule has 0 bridgehead atoms. The van der Waals surface area contributed by atoms with Crippen LogP contribution in [0.2, 0.25) is 0 Å². The predicted octanol–water partition coefficient (Wildman–Crippen LogP) is 3.64. The maximum Gasteiger partial charge on any atom is 0.143 e. The zero-order valence-corrected chi connectivity index (χ0v) is 13.7. The van der Waals surface area contributed by atoms with Gasteiger partial charge in [-0.1, -0.05) is 0 Å². The minimum atomic E-state index is -0.412. The molecule has 0 aliphatic rings. The Balaban J connectivity index is 1.63. The Labute approximate surface area is 143 Å². The molecule has 0 aromatic carbocycles. The summed E-state index contributed by atoms with van der Waals surface area (Å²) in [6.07, 6.45) is 5.30. The van der Waals surface area contributed by atoms with E-state index >= 15 is 0 Å². The molecule has 0 fully saturated rings. The normalized spacial score (nSPS) is 11.1. The number of halogens is 1. The molecule has 4 heterocycles. The van der Waals surface area contributed by atoms with Gasteiger partial charge in [0.25, 0.3) is 0 Å². The van der Waals surface area contributed by atoms with E-state index in [4.69, 9.17) is 4.98 Å². The van der Waals surface area contributed by atoms with Crippen LogP contribution < -0.4 is 10.6 Å². The predicted molar refractivity (Wildman–Crippen MR) is 98.0 cm³/mol. The molecule has 4 aromatic rings. The zero-order valence-electron chi connectivity index (χ0n) is 13.7. The van der Waals surface area contributed by atoms with Crippen molar-refractivity contribution in [3.8, 4) is 0 Å². The summed E-state index contributed by atoms with van der Waals surface area (Å²) in [7, 11) is 1.99. The molecule has 0 aliphatic carbocycles. The number of alkyl halides is 1. The summed E-state index contributed by atoms with van der Waals surface area (Å²) in [6, 6.07) is 9.62. The molecule has 2 N–H and O–H groups in total. The van der Waals surface area contributed by atoms with Gasteiger partial charge in [-0.15, -0.1) is 0 Å². The van der Waals surface area contributed by atoms with Crippen molar-refractivity contribution in [1.29, 1.82) is 0 Å². The van der Waals surface area contributed by atoms with Gasteiger partial charge in [0.05, 0.1) is 17.4 Å². The van der Waals surface area contributed by atoms with Crippen molar-refractivity contribution >= 4 is 39.3 Å². The van der Waals surface area contributed by atoms with Gasteiger partial charge in [0.1, 0.15) is 24.0 Å². The fraction of sp³-hybridized carbons (Fsp3) is 0.167. The van der Waals surface area contributed by atoms with Crippen molar-refractivity contribution in [1.82, 2.24) is 19.5 Å². The molecule has 0 spiro atoms. The molecule has 6 nitrogen and oxygen atoms in total. The highest BCUT2D eigenvalue weighted by molar-refractivity contribution is 6.06. The van der Waals surface area contributed by atoms with Crippen LogP contribution in [-0.4, -0.2) is 32.7 Å². The molecular formula is C18H17FN6. The number of hydrogen-bond donors (Lipinski definition) is 2. The van der Waals surface area contributed by atoms with Crippen LogP contribution in [0.5, 0.6) is 0 Å². The number of nitrogens with one attached hydrogen (secondary N) is 2. The average molecular weight is 336 g/mol. The van der Waals surface area contributed by atoms with Crippen molar-refractivity contribution in [3.05, 3.63) is 48.9 Å². The summed E-state index contributed by atoms with van der Waals surface area (Å²) in [5, 5.41) is 8.29. The van der Waals surface area contributed by atoms with Gasteiger partial charge < -0.3 is 15.2 Å². The second-order valence-corrected chi connectivity index (χ2v) is 5.69. The number of nitrogens with zero attached hydrogens (tertiary/aromatic N) is 4. The van der Waals surface area contributed by atoms with Gasteiger partial charge in [-0.25, -0.2) is 14.4 Å². The van der Waals surface area contributed by atoms with E-state index in [9.17, 15) is 4.39 Å². The molecule has 0 saturated carbocycles. The second-order valence-electron chi connectivity index (χ2n) is 5.69. The van der Waals surface area contributed by atoms with Crippen molar-refractivity contribution in [2.45, 2.75) is 0 Å². The lowest BCUT2D eigenvalue weighted by atomic mass is 10.2. The van der Waals surface area contributed by atoms with Gasteiger partial charge in [0, 0.05) is 36.8 Å². The molecule has 126 valence electrons. The Hall–Kier alpha value is -3.22. The molecule has 25 heavy (non-hydrogen) atoms. The Morgan fingerprint density at radius 3 is 2.72 bits per heavy atom.